The van der Waals surface area contributed by atoms with Crippen molar-refractivity contribution in [3.05, 3.63) is 88.2 Å². The molecular formula is C29H27ClF3N3O3. The second-order valence-corrected chi connectivity index (χ2v) is 10.4. The Labute approximate surface area is 228 Å². The fourth-order valence-electron chi connectivity index (χ4n) is 5.71. The van der Waals surface area contributed by atoms with Crippen molar-refractivity contribution in [2.24, 2.45) is 11.8 Å². The number of benzene rings is 3. The highest BCUT2D eigenvalue weighted by atomic mass is 35.5. The van der Waals surface area contributed by atoms with Crippen LogP contribution in [0.15, 0.2) is 54.6 Å². The standard InChI is InChI=1S/C29H27ClF3N3O3/c1-39-28(38)17-7-12-23(22(33)13-17)34-27(37)26(16-5-3-2-4-6-16)29(18-8-10-19(30)11-9-18)35-24-14-20(31)21(32)15-25(24)36-29/h7-16,26,35-36H,2-6H2,1H3,(H,34,37). The number of fused-ring (bicyclic) bond motifs is 1. The Kier molecular flexibility index (Phi) is 7.44. The van der Waals surface area contributed by atoms with Crippen LogP contribution in [0.4, 0.5) is 30.2 Å². The Balaban J connectivity index is 1.59. The molecule has 204 valence electrons. The Hall–Kier alpha value is -3.72. The molecule has 0 aromatic heterocycles. The first-order valence-corrected chi connectivity index (χ1v) is 13.1. The summed E-state index contributed by atoms with van der Waals surface area (Å²) < 4.78 is 48.1. The van der Waals surface area contributed by atoms with Crippen molar-refractivity contribution >= 4 is 40.5 Å². The van der Waals surface area contributed by atoms with E-state index in [1.54, 1.807) is 24.3 Å². The molecule has 5 rings (SSSR count). The fraction of sp³-hybridized carbons (Fsp3) is 0.310. The van der Waals surface area contributed by atoms with E-state index >= 15 is 4.39 Å². The number of carbonyl (C=O) groups excluding carboxylic acids is 2. The first-order chi connectivity index (χ1) is 18.7. The van der Waals surface area contributed by atoms with Gasteiger partial charge in [0.15, 0.2) is 11.6 Å². The number of anilines is 3. The average Bonchev–Trinajstić information content (AvgIpc) is 3.29. The van der Waals surface area contributed by atoms with Gasteiger partial charge >= 0.3 is 5.97 Å². The normalized spacial score (nSPS) is 16.9. The summed E-state index contributed by atoms with van der Waals surface area (Å²) in [6, 6.07) is 12.6. The third kappa shape index (κ3) is 5.15. The van der Waals surface area contributed by atoms with Gasteiger partial charge in [0.1, 0.15) is 11.5 Å². The molecule has 1 saturated carbocycles. The third-order valence-corrected chi connectivity index (χ3v) is 7.79. The van der Waals surface area contributed by atoms with Crippen molar-refractivity contribution in [2.45, 2.75) is 37.8 Å². The van der Waals surface area contributed by atoms with Crippen LogP contribution in [0.5, 0.6) is 0 Å². The molecule has 1 aliphatic carbocycles. The van der Waals surface area contributed by atoms with Crippen LogP contribution in [-0.4, -0.2) is 19.0 Å². The quantitative estimate of drug-likeness (QED) is 0.283. The number of hydrogen-bond acceptors (Lipinski definition) is 5. The van der Waals surface area contributed by atoms with Crippen LogP contribution in [-0.2, 0) is 15.2 Å². The van der Waals surface area contributed by atoms with Crippen LogP contribution in [0.2, 0.25) is 5.02 Å². The topological polar surface area (TPSA) is 79.5 Å². The first-order valence-electron chi connectivity index (χ1n) is 12.7. The molecule has 0 radical (unpaired) electrons. The van der Waals surface area contributed by atoms with E-state index in [0.29, 0.717) is 22.0 Å². The van der Waals surface area contributed by atoms with Crippen LogP contribution in [0, 0.1) is 29.3 Å². The number of nitrogens with one attached hydrogen (secondary N) is 3. The molecule has 0 spiro atoms. The van der Waals surface area contributed by atoms with Gasteiger partial charge in [0.05, 0.1) is 35.7 Å². The van der Waals surface area contributed by atoms with Crippen molar-refractivity contribution < 1.29 is 27.5 Å². The second kappa shape index (κ2) is 10.8. The van der Waals surface area contributed by atoms with Crippen LogP contribution < -0.4 is 16.0 Å². The minimum Gasteiger partial charge on any atom is -0.465 e. The fourth-order valence-corrected chi connectivity index (χ4v) is 5.83. The summed E-state index contributed by atoms with van der Waals surface area (Å²) in [4.78, 5) is 25.9. The maximum absolute atomic E-state index is 15.0. The lowest BCUT2D eigenvalue weighted by molar-refractivity contribution is -0.124. The van der Waals surface area contributed by atoms with Gasteiger partial charge in [0.2, 0.25) is 5.91 Å². The van der Waals surface area contributed by atoms with Gasteiger partial charge in [0, 0.05) is 17.2 Å². The van der Waals surface area contributed by atoms with Gasteiger partial charge in [-0.15, -0.1) is 0 Å². The van der Waals surface area contributed by atoms with Crippen LogP contribution in [0.3, 0.4) is 0 Å². The predicted octanol–water partition coefficient (Wildman–Crippen LogP) is 7.07. The maximum Gasteiger partial charge on any atom is 0.337 e. The smallest absolute Gasteiger partial charge is 0.337 e. The Morgan fingerprint density at radius 2 is 1.54 bits per heavy atom. The molecule has 1 amide bonds. The van der Waals surface area contributed by atoms with Crippen LogP contribution in [0.1, 0.15) is 48.0 Å². The molecule has 1 heterocycles. The molecule has 10 heteroatoms. The monoisotopic (exact) mass is 557 g/mol. The number of rotatable bonds is 6. The molecule has 0 bridgehead atoms. The Morgan fingerprint density at radius 3 is 2.10 bits per heavy atom. The summed E-state index contributed by atoms with van der Waals surface area (Å²) in [6.45, 7) is 0. The lowest BCUT2D eigenvalue weighted by Crippen LogP contribution is -2.54. The number of methoxy groups -OCH3 is 1. The van der Waals surface area contributed by atoms with Crippen molar-refractivity contribution in [3.63, 3.8) is 0 Å². The van der Waals surface area contributed by atoms with E-state index in [0.717, 1.165) is 50.3 Å². The highest BCUT2D eigenvalue weighted by Gasteiger charge is 2.52. The first kappa shape index (κ1) is 26.9. The zero-order chi connectivity index (χ0) is 27.7. The SMILES string of the molecule is COC(=O)c1ccc(NC(=O)C(C2CCCCC2)C2(c3ccc(Cl)cc3)Nc3cc(F)c(F)cc3N2)c(F)c1. The van der Waals surface area contributed by atoms with Crippen LogP contribution >= 0.6 is 11.6 Å². The molecule has 1 atom stereocenters. The Morgan fingerprint density at radius 1 is 0.923 bits per heavy atom. The molecule has 1 aliphatic heterocycles. The summed E-state index contributed by atoms with van der Waals surface area (Å²) in [5.74, 6) is -5.02. The van der Waals surface area contributed by atoms with E-state index in [1.807, 2.05) is 0 Å². The molecule has 3 aromatic carbocycles. The van der Waals surface area contributed by atoms with Gasteiger partial charge in [-0.2, -0.15) is 0 Å². The van der Waals surface area contributed by atoms with E-state index in [4.69, 9.17) is 11.6 Å². The number of ether oxygens (including phenoxy) is 1. The number of carbonyl (C=O) groups is 2. The highest BCUT2D eigenvalue weighted by Crippen LogP contribution is 2.49. The summed E-state index contributed by atoms with van der Waals surface area (Å²) >= 11 is 6.16. The predicted molar refractivity (Wildman–Crippen MR) is 143 cm³/mol. The van der Waals surface area contributed by atoms with E-state index in [2.05, 4.69) is 20.7 Å². The molecule has 3 N–H and O–H groups in total. The highest BCUT2D eigenvalue weighted by molar-refractivity contribution is 6.30. The molecule has 0 saturated heterocycles. The summed E-state index contributed by atoms with van der Waals surface area (Å²) in [5, 5.41) is 9.75. The molecule has 39 heavy (non-hydrogen) atoms. The lowest BCUT2D eigenvalue weighted by Gasteiger charge is -2.43. The molecular weight excluding hydrogens is 531 g/mol. The van der Waals surface area contributed by atoms with Gasteiger partial charge in [-0.25, -0.2) is 18.0 Å². The molecule has 1 unspecified atom stereocenters. The minimum absolute atomic E-state index is 0.00749. The van der Waals surface area contributed by atoms with Crippen molar-refractivity contribution in [1.29, 1.82) is 0 Å². The second-order valence-electron chi connectivity index (χ2n) is 9.93. The van der Waals surface area contributed by atoms with Crippen molar-refractivity contribution in [2.75, 3.05) is 23.1 Å². The summed E-state index contributed by atoms with van der Waals surface area (Å²) in [5.41, 5.74) is -0.199. The number of halogens is 4. The van der Waals surface area contributed by atoms with Gasteiger partial charge in [-0.3, -0.25) is 4.79 Å². The summed E-state index contributed by atoms with van der Waals surface area (Å²) in [7, 11) is 1.19. The molecule has 6 nitrogen and oxygen atoms in total. The lowest BCUT2D eigenvalue weighted by atomic mass is 9.71. The number of esters is 1. The molecule has 2 aliphatic rings. The van der Waals surface area contributed by atoms with Gasteiger partial charge in [-0.1, -0.05) is 43.0 Å². The molecule has 3 aromatic rings. The maximum atomic E-state index is 15.0. The Bertz CT molecular complexity index is 1380. The van der Waals surface area contributed by atoms with Gasteiger partial charge in [0.25, 0.3) is 0 Å². The largest absolute Gasteiger partial charge is 0.465 e. The number of hydrogen-bond donors (Lipinski definition) is 3. The van der Waals surface area contributed by atoms with E-state index in [9.17, 15) is 18.4 Å². The summed E-state index contributed by atoms with van der Waals surface area (Å²) in [6.07, 6.45) is 4.31. The van der Waals surface area contributed by atoms with E-state index < -0.39 is 40.9 Å². The van der Waals surface area contributed by atoms with Gasteiger partial charge in [-0.05, 0) is 54.7 Å². The van der Waals surface area contributed by atoms with Gasteiger partial charge < -0.3 is 20.7 Å². The van der Waals surface area contributed by atoms with E-state index in [-0.39, 0.29) is 17.2 Å². The average molecular weight is 558 g/mol. The minimum atomic E-state index is -1.32. The third-order valence-electron chi connectivity index (χ3n) is 7.54. The zero-order valence-electron chi connectivity index (χ0n) is 21.1. The van der Waals surface area contributed by atoms with E-state index in [1.165, 1.54) is 19.2 Å². The molecule has 1 fully saturated rings. The van der Waals surface area contributed by atoms with Crippen molar-refractivity contribution in [1.82, 2.24) is 0 Å². The van der Waals surface area contributed by atoms with Crippen molar-refractivity contribution in [3.8, 4) is 0 Å². The van der Waals surface area contributed by atoms with Crippen LogP contribution in [0.25, 0.3) is 0 Å². The zero-order valence-corrected chi connectivity index (χ0v) is 21.9. The number of amides is 1.